The van der Waals surface area contributed by atoms with Gasteiger partial charge in [-0.2, -0.15) is 0 Å². The molecule has 0 bridgehead atoms. The number of aromatic hydroxyl groups is 4. The first-order chi connectivity index (χ1) is 24.5. The van der Waals surface area contributed by atoms with E-state index < -0.39 is 10.8 Å². The average molecular weight is 693 g/mol. The average Bonchev–Trinajstić information content (AvgIpc) is 3.92. The normalized spacial score (nSPS) is 16.9. The van der Waals surface area contributed by atoms with E-state index in [0.717, 1.165) is 69.3 Å². The second kappa shape index (κ2) is 10.4. The van der Waals surface area contributed by atoms with Gasteiger partial charge in [-0.3, -0.25) is 0 Å². The Hall–Kier alpha value is -4.44. The molecule has 268 valence electrons. The molecule has 4 heteroatoms. The largest absolute Gasteiger partial charge is 0.504 e. The molecule has 0 saturated heterocycles. The van der Waals surface area contributed by atoms with E-state index in [0.29, 0.717) is 6.42 Å². The third-order valence-electron chi connectivity index (χ3n) is 13.6. The Bertz CT molecular complexity index is 2590. The standard InChI is InChI=1S/C48H52O4/c1-12-13-25-35-30-16-28-26(20(2)3)19-33-37-31(40-34(24-14-15-24)46(52)44(50)23(7)42(40)48(33,10)11)17-29-27(21(4)5)18-32(36(30)38(29)39(28)37)47(8,9)41(35)22(6)43(49)45(25)51/h16-21,24,49-52H,12-15H2,1-11H3. The van der Waals surface area contributed by atoms with Crippen molar-refractivity contribution < 1.29 is 20.4 Å². The lowest BCUT2D eigenvalue weighted by Crippen LogP contribution is -2.28. The minimum absolute atomic E-state index is 0.000890. The zero-order valence-corrected chi connectivity index (χ0v) is 32.7. The Balaban J connectivity index is 1.61. The first kappa shape index (κ1) is 33.4. The fourth-order valence-corrected chi connectivity index (χ4v) is 11.0. The molecular weight excluding hydrogens is 641 g/mol. The highest BCUT2D eigenvalue weighted by Crippen LogP contribution is 2.64. The first-order valence-corrected chi connectivity index (χ1v) is 19.5. The fraction of sp³-hybridized carbons (Fsp3) is 0.417. The van der Waals surface area contributed by atoms with Gasteiger partial charge in [0.2, 0.25) is 0 Å². The van der Waals surface area contributed by atoms with Gasteiger partial charge in [-0.1, -0.05) is 80.9 Å². The molecule has 0 atom stereocenters. The summed E-state index contributed by atoms with van der Waals surface area (Å²) in [6.45, 7) is 24.4. The van der Waals surface area contributed by atoms with Crippen molar-refractivity contribution in [2.75, 3.05) is 0 Å². The van der Waals surface area contributed by atoms with Crippen LogP contribution in [0.4, 0.5) is 0 Å². The van der Waals surface area contributed by atoms with E-state index in [1.807, 2.05) is 13.8 Å². The van der Waals surface area contributed by atoms with Gasteiger partial charge in [0.25, 0.3) is 0 Å². The van der Waals surface area contributed by atoms with Crippen LogP contribution in [0, 0.1) is 13.8 Å². The number of phenols is 4. The Morgan fingerprint density at radius 1 is 0.615 bits per heavy atom. The summed E-state index contributed by atoms with van der Waals surface area (Å²) >= 11 is 0. The van der Waals surface area contributed by atoms with Crippen molar-refractivity contribution in [2.24, 2.45) is 0 Å². The van der Waals surface area contributed by atoms with Gasteiger partial charge in [-0.05, 0) is 162 Å². The third-order valence-corrected chi connectivity index (χ3v) is 13.6. The van der Waals surface area contributed by atoms with Gasteiger partial charge < -0.3 is 20.4 Å². The van der Waals surface area contributed by atoms with Gasteiger partial charge in [0, 0.05) is 22.0 Å². The summed E-state index contributed by atoms with van der Waals surface area (Å²) in [6, 6.07) is 9.74. The summed E-state index contributed by atoms with van der Waals surface area (Å²) in [6.07, 6.45) is 3.54. The van der Waals surface area contributed by atoms with Crippen LogP contribution in [0.15, 0.2) is 24.3 Å². The molecule has 9 rings (SSSR count). The molecule has 0 heterocycles. The van der Waals surface area contributed by atoms with Gasteiger partial charge in [0.05, 0.1) is 0 Å². The minimum atomic E-state index is -0.443. The smallest absolute Gasteiger partial charge is 0.161 e. The number of fused-ring (bicyclic) bond motifs is 4. The highest BCUT2D eigenvalue weighted by Gasteiger charge is 2.45. The summed E-state index contributed by atoms with van der Waals surface area (Å²) < 4.78 is 0. The summed E-state index contributed by atoms with van der Waals surface area (Å²) in [5.74, 6) is 0.783. The molecule has 3 aliphatic carbocycles. The van der Waals surface area contributed by atoms with Gasteiger partial charge in [0.1, 0.15) is 0 Å². The van der Waals surface area contributed by atoms with E-state index in [-0.39, 0.29) is 40.8 Å². The Kier molecular flexibility index (Phi) is 6.66. The molecule has 4 nitrogen and oxygen atoms in total. The van der Waals surface area contributed by atoms with Crippen molar-refractivity contribution in [1.29, 1.82) is 0 Å². The van der Waals surface area contributed by atoms with E-state index in [1.165, 1.54) is 60.1 Å². The topological polar surface area (TPSA) is 80.9 Å². The summed E-state index contributed by atoms with van der Waals surface area (Å²) in [5, 5.41) is 53.8. The zero-order chi connectivity index (χ0) is 37.2. The lowest BCUT2D eigenvalue weighted by molar-refractivity contribution is 0.394. The van der Waals surface area contributed by atoms with Crippen LogP contribution in [0.25, 0.3) is 54.6 Å². The summed E-state index contributed by atoms with van der Waals surface area (Å²) in [7, 11) is 0. The van der Waals surface area contributed by atoms with Crippen LogP contribution in [0.3, 0.4) is 0 Å². The highest BCUT2D eigenvalue weighted by molar-refractivity contribution is 6.33. The number of benzene rings is 6. The van der Waals surface area contributed by atoms with E-state index in [1.54, 1.807) is 0 Å². The molecule has 3 aliphatic rings. The van der Waals surface area contributed by atoms with Crippen LogP contribution < -0.4 is 0 Å². The molecule has 0 aliphatic heterocycles. The maximum Gasteiger partial charge on any atom is 0.161 e. The molecule has 0 aromatic heterocycles. The van der Waals surface area contributed by atoms with Crippen molar-refractivity contribution in [1.82, 2.24) is 0 Å². The Labute approximate surface area is 307 Å². The second-order valence-electron chi connectivity index (χ2n) is 18.1. The van der Waals surface area contributed by atoms with Crippen molar-refractivity contribution in [3.8, 4) is 45.3 Å². The molecule has 0 amide bonds. The second-order valence-corrected chi connectivity index (χ2v) is 18.1. The van der Waals surface area contributed by atoms with Crippen LogP contribution in [0.2, 0.25) is 0 Å². The van der Waals surface area contributed by atoms with Crippen molar-refractivity contribution in [2.45, 2.75) is 130 Å². The third kappa shape index (κ3) is 3.84. The molecule has 1 saturated carbocycles. The molecule has 52 heavy (non-hydrogen) atoms. The number of rotatable bonds is 5. The van der Waals surface area contributed by atoms with Gasteiger partial charge in [-0.25, -0.2) is 0 Å². The lowest BCUT2D eigenvalue weighted by Gasteiger charge is -2.42. The van der Waals surface area contributed by atoms with Gasteiger partial charge in [0.15, 0.2) is 23.0 Å². The maximum absolute atomic E-state index is 11.7. The molecule has 0 unspecified atom stereocenters. The van der Waals surface area contributed by atoms with Gasteiger partial charge in [-0.15, -0.1) is 0 Å². The molecule has 0 radical (unpaired) electrons. The quantitative estimate of drug-likeness (QED) is 0.107. The minimum Gasteiger partial charge on any atom is -0.504 e. The number of phenolic OH excluding ortho intramolecular Hbond substituents is 4. The SMILES string of the molecule is CCCc1c(O)c(O)c(C)c2c1-c1cc3c(C(C)C)cc4c5c(cc6c(C(C)C)cc(c1c6c35)C2(C)C)-c1c(C2CC2)c(O)c(O)c(C)c1C4(C)C. The molecule has 1 fully saturated rings. The molecule has 0 spiro atoms. The predicted octanol–water partition coefficient (Wildman–Crippen LogP) is 12.7. The maximum atomic E-state index is 11.7. The van der Waals surface area contributed by atoms with Gasteiger partial charge >= 0.3 is 0 Å². The number of hydrogen-bond acceptors (Lipinski definition) is 4. The zero-order valence-electron chi connectivity index (χ0n) is 32.7. The Morgan fingerprint density at radius 3 is 1.50 bits per heavy atom. The van der Waals surface area contributed by atoms with E-state index in [2.05, 4.69) is 86.6 Å². The summed E-state index contributed by atoms with van der Waals surface area (Å²) in [5.41, 5.74) is 14.3. The molecule has 6 aromatic rings. The monoisotopic (exact) mass is 692 g/mol. The van der Waals surface area contributed by atoms with Crippen LogP contribution >= 0.6 is 0 Å². The van der Waals surface area contributed by atoms with Crippen molar-refractivity contribution in [3.63, 3.8) is 0 Å². The van der Waals surface area contributed by atoms with Crippen molar-refractivity contribution in [3.05, 3.63) is 79.9 Å². The van der Waals surface area contributed by atoms with E-state index in [9.17, 15) is 20.4 Å². The van der Waals surface area contributed by atoms with Crippen molar-refractivity contribution >= 4 is 32.3 Å². The molecule has 6 aromatic carbocycles. The lowest BCUT2D eigenvalue weighted by atomic mass is 9.61. The van der Waals surface area contributed by atoms with E-state index in [4.69, 9.17) is 0 Å². The first-order valence-electron chi connectivity index (χ1n) is 19.5. The predicted molar refractivity (Wildman–Crippen MR) is 216 cm³/mol. The molecular formula is C48H52O4. The Morgan fingerprint density at radius 2 is 1.06 bits per heavy atom. The van der Waals surface area contributed by atoms with E-state index >= 15 is 0 Å². The van der Waals surface area contributed by atoms with Crippen LogP contribution in [0.1, 0.15) is 155 Å². The van der Waals surface area contributed by atoms with Crippen LogP contribution in [-0.2, 0) is 17.3 Å². The van der Waals surface area contributed by atoms with Crippen LogP contribution in [0.5, 0.6) is 23.0 Å². The summed E-state index contributed by atoms with van der Waals surface area (Å²) in [4.78, 5) is 0. The van der Waals surface area contributed by atoms with Crippen LogP contribution in [-0.4, -0.2) is 20.4 Å². The number of hydrogen-bond donors (Lipinski definition) is 4. The molecule has 4 N–H and O–H groups in total. The highest BCUT2D eigenvalue weighted by atomic mass is 16.3. The fourth-order valence-electron chi connectivity index (χ4n) is 11.0.